The lowest BCUT2D eigenvalue weighted by atomic mass is 10.1. The number of fused-ring (bicyclic) bond motifs is 7. The molecule has 1 saturated heterocycles. The second kappa shape index (κ2) is 11.5. The molecular weight excluding hydrogens is 462 g/mol. The minimum absolute atomic E-state index is 0.0973. The van der Waals surface area contributed by atoms with Crippen molar-refractivity contribution in [3.63, 3.8) is 0 Å². The largest absolute Gasteiger partial charge is 0.379 e. The van der Waals surface area contributed by atoms with E-state index in [1.54, 1.807) is 17.5 Å². The van der Waals surface area contributed by atoms with E-state index in [1.165, 1.54) is 0 Å². The first kappa shape index (κ1) is 23.6. The van der Waals surface area contributed by atoms with Crippen molar-refractivity contribution >= 4 is 35.0 Å². The SMILES string of the molecule is O=C(NCCCN1CCOCC1)c1cc2cc(c1)Nc1nccc(n1)-c1ccc(s1)COC/C=C/2. The molecule has 3 aromatic rings. The summed E-state index contributed by atoms with van der Waals surface area (Å²) in [6.45, 7) is 6.10. The number of rotatable bonds is 5. The summed E-state index contributed by atoms with van der Waals surface area (Å²) >= 11 is 1.66. The summed E-state index contributed by atoms with van der Waals surface area (Å²) in [5, 5.41) is 6.33. The lowest BCUT2D eigenvalue weighted by Gasteiger charge is -2.26. The van der Waals surface area contributed by atoms with Gasteiger partial charge in [-0.15, -0.1) is 11.3 Å². The Kier molecular flexibility index (Phi) is 7.79. The molecule has 182 valence electrons. The second-order valence-corrected chi connectivity index (χ2v) is 9.65. The molecule has 0 radical (unpaired) electrons. The Morgan fingerprint density at radius 3 is 2.97 bits per heavy atom. The highest BCUT2D eigenvalue weighted by Gasteiger charge is 2.12. The van der Waals surface area contributed by atoms with E-state index in [4.69, 9.17) is 9.47 Å². The maximum atomic E-state index is 13.0. The Hall–Kier alpha value is -3.11. The standard InChI is InChI=1S/C26H29N5O3S/c32-25(27-7-2-9-31-10-13-33-14-11-31)20-15-19-3-1-12-34-18-22-4-5-24(35-22)23-6-8-28-26(30-23)29-21(16-19)17-20/h1,3-6,8,15-17H,2,7,9-14,18H2,(H,27,32)(H,28,29,30)/b3-1+. The molecule has 2 aliphatic rings. The maximum absolute atomic E-state index is 13.0. The number of aromatic nitrogens is 2. The normalized spacial score (nSPS) is 17.0. The number of carbonyl (C=O) groups is 1. The summed E-state index contributed by atoms with van der Waals surface area (Å²) < 4.78 is 11.2. The number of hydrogen-bond acceptors (Lipinski definition) is 8. The Morgan fingerprint density at radius 1 is 1.14 bits per heavy atom. The van der Waals surface area contributed by atoms with Crippen LogP contribution in [0.15, 0.2) is 48.7 Å². The number of nitrogens with zero attached hydrogens (tertiary/aromatic N) is 3. The number of amides is 1. The number of carbonyl (C=O) groups excluding carboxylic acids is 1. The molecule has 0 unspecified atom stereocenters. The maximum Gasteiger partial charge on any atom is 0.251 e. The van der Waals surface area contributed by atoms with E-state index in [1.807, 2.05) is 36.4 Å². The Bertz CT molecular complexity index is 1190. The molecule has 2 N–H and O–H groups in total. The lowest BCUT2D eigenvalue weighted by Crippen LogP contribution is -2.38. The summed E-state index contributed by atoms with van der Waals surface area (Å²) in [7, 11) is 0. The van der Waals surface area contributed by atoms with Crippen molar-refractivity contribution in [3.8, 4) is 10.6 Å². The molecule has 1 fully saturated rings. The molecule has 35 heavy (non-hydrogen) atoms. The monoisotopic (exact) mass is 491 g/mol. The van der Waals surface area contributed by atoms with Crippen molar-refractivity contribution in [1.29, 1.82) is 0 Å². The molecule has 0 spiro atoms. The van der Waals surface area contributed by atoms with Crippen molar-refractivity contribution in [3.05, 3.63) is 64.7 Å². The van der Waals surface area contributed by atoms with Crippen molar-refractivity contribution in [2.75, 3.05) is 51.3 Å². The van der Waals surface area contributed by atoms with Gasteiger partial charge in [0.05, 0.1) is 37.0 Å². The highest BCUT2D eigenvalue weighted by molar-refractivity contribution is 7.15. The lowest BCUT2D eigenvalue weighted by molar-refractivity contribution is 0.0374. The van der Waals surface area contributed by atoms with Crippen molar-refractivity contribution < 1.29 is 14.3 Å². The van der Waals surface area contributed by atoms with Crippen LogP contribution < -0.4 is 10.6 Å². The Labute approximate surface area is 209 Å². The summed E-state index contributed by atoms with van der Waals surface area (Å²) in [5.41, 5.74) is 3.09. The van der Waals surface area contributed by atoms with Gasteiger partial charge in [-0.05, 0) is 54.9 Å². The zero-order valence-electron chi connectivity index (χ0n) is 19.5. The fraction of sp³-hybridized carbons (Fsp3) is 0.346. The van der Waals surface area contributed by atoms with Gasteiger partial charge in [-0.3, -0.25) is 9.69 Å². The molecule has 1 aromatic carbocycles. The molecule has 0 saturated carbocycles. The van der Waals surface area contributed by atoms with Gasteiger partial charge in [0.1, 0.15) is 0 Å². The average Bonchev–Trinajstić information content (AvgIpc) is 3.35. The molecule has 2 aromatic heterocycles. The van der Waals surface area contributed by atoms with Crippen molar-refractivity contribution in [2.24, 2.45) is 0 Å². The first-order valence-corrected chi connectivity index (χ1v) is 12.7. The van der Waals surface area contributed by atoms with Crippen LogP contribution in [0.5, 0.6) is 0 Å². The van der Waals surface area contributed by atoms with Crippen LogP contribution >= 0.6 is 11.3 Å². The average molecular weight is 492 g/mol. The van der Waals surface area contributed by atoms with Crippen molar-refractivity contribution in [2.45, 2.75) is 13.0 Å². The molecule has 0 atom stereocenters. The minimum Gasteiger partial charge on any atom is -0.379 e. The number of nitrogens with one attached hydrogen (secondary N) is 2. The van der Waals surface area contributed by atoms with Crippen LogP contribution in [-0.2, 0) is 16.1 Å². The Balaban J connectivity index is 1.31. The van der Waals surface area contributed by atoms with E-state index in [0.29, 0.717) is 31.3 Å². The number of ether oxygens (including phenoxy) is 2. The summed E-state index contributed by atoms with van der Waals surface area (Å²) in [6.07, 6.45) is 6.58. The van der Waals surface area contributed by atoms with E-state index in [9.17, 15) is 4.79 Å². The zero-order valence-corrected chi connectivity index (χ0v) is 20.4. The van der Waals surface area contributed by atoms with Crippen LogP contribution in [0.3, 0.4) is 0 Å². The van der Waals surface area contributed by atoms with Gasteiger partial charge in [0.15, 0.2) is 0 Å². The van der Waals surface area contributed by atoms with E-state index >= 15 is 0 Å². The fourth-order valence-electron chi connectivity index (χ4n) is 4.07. The highest BCUT2D eigenvalue weighted by atomic mass is 32.1. The highest BCUT2D eigenvalue weighted by Crippen LogP contribution is 2.28. The quantitative estimate of drug-likeness (QED) is 0.523. The number of morpholine rings is 1. The van der Waals surface area contributed by atoms with Crippen LogP contribution in [0.2, 0.25) is 0 Å². The molecule has 5 rings (SSSR count). The van der Waals surface area contributed by atoms with Gasteiger partial charge < -0.3 is 20.1 Å². The molecular formula is C26H29N5O3S. The molecule has 0 aliphatic carbocycles. The van der Waals surface area contributed by atoms with E-state index in [2.05, 4.69) is 37.6 Å². The first-order valence-electron chi connectivity index (χ1n) is 11.9. The number of thiophene rings is 1. The Morgan fingerprint density at radius 2 is 2.06 bits per heavy atom. The molecule has 9 heteroatoms. The zero-order chi connectivity index (χ0) is 23.9. The predicted octanol–water partition coefficient (Wildman–Crippen LogP) is 3.94. The van der Waals surface area contributed by atoms with Gasteiger partial charge in [0.2, 0.25) is 5.95 Å². The van der Waals surface area contributed by atoms with Crippen LogP contribution in [0.25, 0.3) is 16.6 Å². The molecule has 6 bridgehead atoms. The minimum atomic E-state index is -0.0973. The summed E-state index contributed by atoms with van der Waals surface area (Å²) in [6, 6.07) is 11.7. The topological polar surface area (TPSA) is 88.6 Å². The van der Waals surface area contributed by atoms with Gasteiger partial charge in [0.25, 0.3) is 5.91 Å². The van der Waals surface area contributed by atoms with Gasteiger partial charge in [-0.25, -0.2) is 9.97 Å². The third kappa shape index (κ3) is 6.52. The number of benzene rings is 1. The van der Waals surface area contributed by atoms with Gasteiger partial charge >= 0.3 is 0 Å². The second-order valence-electron chi connectivity index (χ2n) is 8.48. The van der Waals surface area contributed by atoms with E-state index in [0.717, 1.165) is 66.0 Å². The van der Waals surface area contributed by atoms with Gasteiger partial charge in [0, 0.05) is 42.0 Å². The summed E-state index contributed by atoms with van der Waals surface area (Å²) in [4.78, 5) is 26.6. The van der Waals surface area contributed by atoms with Crippen LogP contribution in [0.4, 0.5) is 11.6 Å². The van der Waals surface area contributed by atoms with Crippen LogP contribution in [0, 0.1) is 0 Å². The third-order valence-electron chi connectivity index (χ3n) is 5.85. The van der Waals surface area contributed by atoms with Gasteiger partial charge in [-0.1, -0.05) is 12.2 Å². The molecule has 8 nitrogen and oxygen atoms in total. The third-order valence-corrected chi connectivity index (χ3v) is 6.93. The van der Waals surface area contributed by atoms with Gasteiger partial charge in [-0.2, -0.15) is 0 Å². The van der Waals surface area contributed by atoms with E-state index < -0.39 is 0 Å². The number of anilines is 2. The van der Waals surface area contributed by atoms with Crippen LogP contribution in [0.1, 0.15) is 27.2 Å². The van der Waals surface area contributed by atoms with Crippen molar-refractivity contribution in [1.82, 2.24) is 20.2 Å². The molecule has 4 heterocycles. The molecule has 2 aliphatic heterocycles. The predicted molar refractivity (Wildman–Crippen MR) is 138 cm³/mol. The fourth-order valence-corrected chi connectivity index (χ4v) is 4.99. The van der Waals surface area contributed by atoms with E-state index in [-0.39, 0.29) is 5.91 Å². The first-order chi connectivity index (χ1) is 17.2. The smallest absolute Gasteiger partial charge is 0.251 e. The summed E-state index contributed by atoms with van der Waals surface area (Å²) in [5.74, 6) is 0.390. The van der Waals surface area contributed by atoms with Crippen LogP contribution in [-0.4, -0.2) is 66.8 Å². The number of hydrogen-bond donors (Lipinski definition) is 2. The molecule has 1 amide bonds.